The molecule has 0 nitrogen and oxygen atoms in total. The van der Waals surface area contributed by atoms with E-state index >= 15 is 0 Å². The van der Waals surface area contributed by atoms with E-state index in [1.54, 1.807) is 10.8 Å². The quantitative estimate of drug-likeness (QED) is 0.588. The Kier molecular flexibility index (Phi) is 1.81. The fourth-order valence-corrected chi connectivity index (χ4v) is 6.08. The number of aryl methyl sites for hydroxylation is 1. The number of rotatable bonds is 0. The molecule has 3 rings (SSSR count). The molecule has 0 aromatic heterocycles. The summed E-state index contributed by atoms with van der Waals surface area (Å²) in [6.45, 7) is 5.01. The van der Waals surface area contributed by atoms with Crippen molar-refractivity contribution in [3.8, 4) is 0 Å². The average Bonchev–Trinajstić information content (AvgIpc) is 2.55. The Labute approximate surface area is 91.9 Å². The van der Waals surface area contributed by atoms with Gasteiger partial charge in [0.25, 0.3) is 0 Å². The summed E-state index contributed by atoms with van der Waals surface area (Å²) in [6.07, 6.45) is 1.30. The number of fused-ring (bicyclic) bond motifs is 3. The zero-order valence-electron chi connectivity index (χ0n) is 9.38. The molecule has 2 aromatic rings. The average molecular weight is 212 g/mol. The maximum absolute atomic E-state index is 2.51. The highest BCUT2D eigenvalue weighted by molar-refractivity contribution is 6.92. The molecule has 0 aliphatic carbocycles. The van der Waals surface area contributed by atoms with Gasteiger partial charge in [-0.2, -0.15) is 0 Å². The smallest absolute Gasteiger partial charge is 0.0654 e. The first-order valence-electron chi connectivity index (χ1n) is 5.70. The molecule has 2 aromatic carbocycles. The molecule has 0 saturated heterocycles. The summed E-state index contributed by atoms with van der Waals surface area (Å²) in [6, 6.07) is 14.9. The fraction of sp³-hybridized carbons (Fsp3) is 0.286. The minimum atomic E-state index is -1.13. The molecule has 0 amide bonds. The van der Waals surface area contributed by atoms with Gasteiger partial charge in [-0.15, -0.1) is 0 Å². The Bertz CT molecular complexity index is 526. The van der Waals surface area contributed by atoms with Crippen molar-refractivity contribution in [1.29, 1.82) is 0 Å². The molecule has 0 bridgehead atoms. The van der Waals surface area contributed by atoms with Crippen LogP contribution in [0.5, 0.6) is 0 Å². The van der Waals surface area contributed by atoms with Crippen LogP contribution in [-0.2, 0) is 6.42 Å². The molecular weight excluding hydrogens is 196 g/mol. The highest BCUT2D eigenvalue weighted by Gasteiger charge is 2.32. The zero-order chi connectivity index (χ0) is 10.5. The lowest BCUT2D eigenvalue weighted by atomic mass is 10.1. The molecule has 0 atom stereocenters. The lowest BCUT2D eigenvalue weighted by Gasteiger charge is -2.18. The Balaban J connectivity index is 2.43. The standard InChI is InChI=1S/C14H16Si/c1-15(2)10-9-12-8-7-11-5-3-4-6-13(11)14(12)15/h3-8H,9-10H2,1-2H3. The van der Waals surface area contributed by atoms with Crippen molar-refractivity contribution in [1.82, 2.24) is 0 Å². The Morgan fingerprint density at radius 2 is 1.80 bits per heavy atom. The Morgan fingerprint density at radius 3 is 2.67 bits per heavy atom. The van der Waals surface area contributed by atoms with Gasteiger partial charge in [-0.1, -0.05) is 49.5 Å². The first kappa shape index (κ1) is 9.17. The summed E-state index contributed by atoms with van der Waals surface area (Å²) in [5.74, 6) is 0. The third-order valence-corrected chi connectivity index (χ3v) is 7.16. The van der Waals surface area contributed by atoms with E-state index in [1.165, 1.54) is 23.2 Å². The van der Waals surface area contributed by atoms with Gasteiger partial charge in [-0.05, 0) is 34.0 Å². The van der Waals surface area contributed by atoms with E-state index in [1.807, 2.05) is 0 Å². The van der Waals surface area contributed by atoms with Crippen molar-refractivity contribution in [2.45, 2.75) is 25.6 Å². The highest BCUT2D eigenvalue weighted by Crippen LogP contribution is 2.28. The fourth-order valence-electron chi connectivity index (χ4n) is 2.90. The highest BCUT2D eigenvalue weighted by atomic mass is 28.3. The van der Waals surface area contributed by atoms with Gasteiger partial charge >= 0.3 is 0 Å². The van der Waals surface area contributed by atoms with E-state index in [0.717, 1.165) is 0 Å². The molecule has 15 heavy (non-hydrogen) atoms. The first-order valence-corrected chi connectivity index (χ1v) is 8.90. The van der Waals surface area contributed by atoms with Crippen LogP contribution in [-0.4, -0.2) is 8.07 Å². The third kappa shape index (κ3) is 1.26. The lowest BCUT2D eigenvalue weighted by molar-refractivity contribution is 1.16. The van der Waals surface area contributed by atoms with Gasteiger partial charge in [0.15, 0.2) is 0 Å². The van der Waals surface area contributed by atoms with Crippen LogP contribution in [0.3, 0.4) is 0 Å². The molecular formula is C14H16Si. The number of hydrogen-bond acceptors (Lipinski definition) is 0. The van der Waals surface area contributed by atoms with Gasteiger partial charge in [0.2, 0.25) is 0 Å². The van der Waals surface area contributed by atoms with Crippen LogP contribution < -0.4 is 5.19 Å². The molecule has 0 unspecified atom stereocenters. The summed E-state index contributed by atoms with van der Waals surface area (Å²) >= 11 is 0. The van der Waals surface area contributed by atoms with Crippen molar-refractivity contribution < 1.29 is 0 Å². The van der Waals surface area contributed by atoms with Crippen LogP contribution in [0.4, 0.5) is 0 Å². The Morgan fingerprint density at radius 1 is 1.00 bits per heavy atom. The summed E-state index contributed by atoms with van der Waals surface area (Å²) in [4.78, 5) is 0. The monoisotopic (exact) mass is 212 g/mol. The summed E-state index contributed by atoms with van der Waals surface area (Å²) in [7, 11) is -1.13. The van der Waals surface area contributed by atoms with Crippen molar-refractivity contribution in [3.05, 3.63) is 42.0 Å². The molecule has 0 fully saturated rings. The van der Waals surface area contributed by atoms with Gasteiger partial charge in [-0.25, -0.2) is 0 Å². The predicted octanol–water partition coefficient (Wildman–Crippen LogP) is 3.31. The van der Waals surface area contributed by atoms with E-state index in [2.05, 4.69) is 49.5 Å². The topological polar surface area (TPSA) is 0 Å². The molecule has 0 N–H and O–H groups in total. The molecule has 0 radical (unpaired) electrons. The molecule has 1 heterocycles. The van der Waals surface area contributed by atoms with Crippen molar-refractivity contribution >= 4 is 24.0 Å². The van der Waals surface area contributed by atoms with Crippen molar-refractivity contribution in [2.75, 3.05) is 0 Å². The molecule has 0 spiro atoms. The van der Waals surface area contributed by atoms with E-state index in [9.17, 15) is 0 Å². The van der Waals surface area contributed by atoms with Crippen molar-refractivity contribution in [3.63, 3.8) is 0 Å². The van der Waals surface area contributed by atoms with Crippen LogP contribution >= 0.6 is 0 Å². The Hall–Kier alpha value is -1.08. The maximum atomic E-state index is 2.51. The third-order valence-electron chi connectivity index (χ3n) is 3.71. The number of benzene rings is 2. The number of hydrogen-bond donors (Lipinski definition) is 0. The van der Waals surface area contributed by atoms with Crippen LogP contribution in [0.2, 0.25) is 19.1 Å². The molecule has 1 aliphatic heterocycles. The van der Waals surface area contributed by atoms with Gasteiger partial charge in [0.05, 0.1) is 8.07 Å². The van der Waals surface area contributed by atoms with Crippen LogP contribution in [0.15, 0.2) is 36.4 Å². The summed E-state index contributed by atoms with van der Waals surface area (Å²) in [5, 5.41) is 4.66. The summed E-state index contributed by atoms with van der Waals surface area (Å²) in [5.41, 5.74) is 1.62. The SMILES string of the molecule is C[Si]1(C)CCc2ccc3ccccc3c21. The lowest BCUT2D eigenvalue weighted by Crippen LogP contribution is -2.38. The van der Waals surface area contributed by atoms with Crippen LogP contribution in [0, 0.1) is 0 Å². The minimum Gasteiger partial charge on any atom is -0.0654 e. The maximum Gasteiger partial charge on any atom is 0.0821 e. The van der Waals surface area contributed by atoms with Gasteiger partial charge in [0, 0.05) is 0 Å². The van der Waals surface area contributed by atoms with E-state index in [0.29, 0.717) is 0 Å². The van der Waals surface area contributed by atoms with Gasteiger partial charge < -0.3 is 0 Å². The van der Waals surface area contributed by atoms with Crippen molar-refractivity contribution in [2.24, 2.45) is 0 Å². The van der Waals surface area contributed by atoms with E-state index in [4.69, 9.17) is 0 Å². The van der Waals surface area contributed by atoms with E-state index < -0.39 is 8.07 Å². The van der Waals surface area contributed by atoms with Gasteiger partial charge in [0.1, 0.15) is 0 Å². The van der Waals surface area contributed by atoms with E-state index in [-0.39, 0.29) is 0 Å². The van der Waals surface area contributed by atoms with Gasteiger partial charge in [-0.3, -0.25) is 0 Å². The first-order chi connectivity index (χ1) is 7.18. The molecule has 1 aliphatic rings. The second-order valence-corrected chi connectivity index (χ2v) is 9.97. The largest absolute Gasteiger partial charge is 0.0821 e. The predicted molar refractivity (Wildman–Crippen MR) is 69.6 cm³/mol. The molecule has 76 valence electrons. The zero-order valence-corrected chi connectivity index (χ0v) is 10.4. The van der Waals surface area contributed by atoms with Crippen LogP contribution in [0.25, 0.3) is 10.8 Å². The summed E-state index contributed by atoms with van der Waals surface area (Å²) < 4.78 is 0. The molecule has 0 saturated carbocycles. The van der Waals surface area contributed by atoms with Crippen LogP contribution in [0.1, 0.15) is 5.56 Å². The minimum absolute atomic E-state index is 1.13. The molecule has 1 heteroatoms. The second-order valence-electron chi connectivity index (χ2n) is 5.20. The second kappa shape index (κ2) is 2.95. The normalized spacial score (nSPS) is 18.0.